The molecule has 0 radical (unpaired) electrons. The van der Waals surface area contributed by atoms with Crippen molar-refractivity contribution in [3.63, 3.8) is 0 Å². The number of hydrogen-bond acceptors (Lipinski definition) is 3. The third-order valence-corrected chi connectivity index (χ3v) is 3.78. The maximum absolute atomic E-state index is 5.91. The van der Waals surface area contributed by atoms with Crippen LogP contribution in [-0.4, -0.2) is 37.2 Å². The molecule has 0 unspecified atom stereocenters. The minimum atomic E-state index is 0.392. The van der Waals surface area contributed by atoms with Crippen LogP contribution in [0.25, 0.3) is 0 Å². The third kappa shape index (κ3) is 2.45. The summed E-state index contributed by atoms with van der Waals surface area (Å²) in [5.74, 6) is 1.08. The van der Waals surface area contributed by atoms with Gasteiger partial charge in [-0.15, -0.1) is 0 Å². The minimum Gasteiger partial charge on any atom is -0.493 e. The molecule has 0 bridgehead atoms. The zero-order chi connectivity index (χ0) is 11.7. The Bertz CT molecular complexity index is 405. The molecule has 2 N–H and O–H groups in total. The van der Waals surface area contributed by atoms with Crippen LogP contribution in [0.3, 0.4) is 0 Å². The van der Waals surface area contributed by atoms with E-state index >= 15 is 0 Å². The first-order chi connectivity index (χ1) is 8.31. The first-order valence-corrected chi connectivity index (χ1v) is 6.54. The average molecular weight is 232 g/mol. The van der Waals surface area contributed by atoms with Crippen molar-refractivity contribution in [2.45, 2.75) is 25.3 Å². The van der Waals surface area contributed by atoms with E-state index in [1.165, 1.54) is 11.1 Å². The second-order valence-corrected chi connectivity index (χ2v) is 5.14. The number of ether oxygens (including phenoxy) is 1. The van der Waals surface area contributed by atoms with Gasteiger partial charge in [-0.25, -0.2) is 0 Å². The number of benzene rings is 1. The van der Waals surface area contributed by atoms with Crippen LogP contribution in [0, 0.1) is 0 Å². The van der Waals surface area contributed by atoms with E-state index in [0.717, 1.165) is 51.3 Å². The first kappa shape index (κ1) is 11.1. The molecule has 0 spiro atoms. The SMILES string of the molecule is N[C@H]1CCN(CCc2ccc3c(c2)CCO3)C1. The van der Waals surface area contributed by atoms with Gasteiger partial charge < -0.3 is 15.4 Å². The Balaban J connectivity index is 1.58. The second-order valence-electron chi connectivity index (χ2n) is 5.14. The van der Waals surface area contributed by atoms with Gasteiger partial charge in [-0.2, -0.15) is 0 Å². The highest BCUT2D eigenvalue weighted by Crippen LogP contribution is 2.26. The summed E-state index contributed by atoms with van der Waals surface area (Å²) in [5, 5.41) is 0. The number of rotatable bonds is 3. The van der Waals surface area contributed by atoms with Gasteiger partial charge in [-0.1, -0.05) is 12.1 Å². The average Bonchev–Trinajstić information content (AvgIpc) is 2.94. The molecule has 0 aliphatic carbocycles. The van der Waals surface area contributed by atoms with Crippen LogP contribution in [-0.2, 0) is 12.8 Å². The fourth-order valence-corrected chi connectivity index (χ4v) is 2.75. The lowest BCUT2D eigenvalue weighted by molar-refractivity contribution is 0.339. The van der Waals surface area contributed by atoms with E-state index < -0.39 is 0 Å². The van der Waals surface area contributed by atoms with Crippen molar-refractivity contribution in [3.8, 4) is 5.75 Å². The molecule has 3 rings (SSSR count). The summed E-state index contributed by atoms with van der Waals surface area (Å²) in [6.45, 7) is 4.20. The van der Waals surface area contributed by atoms with E-state index in [9.17, 15) is 0 Å². The molecule has 17 heavy (non-hydrogen) atoms. The van der Waals surface area contributed by atoms with Gasteiger partial charge in [0.25, 0.3) is 0 Å². The monoisotopic (exact) mass is 232 g/mol. The molecule has 1 aromatic rings. The van der Waals surface area contributed by atoms with Crippen LogP contribution in [0.5, 0.6) is 5.75 Å². The van der Waals surface area contributed by atoms with E-state index in [4.69, 9.17) is 10.5 Å². The van der Waals surface area contributed by atoms with Crippen LogP contribution >= 0.6 is 0 Å². The third-order valence-electron chi connectivity index (χ3n) is 3.78. The Hall–Kier alpha value is -1.06. The number of likely N-dealkylation sites (tertiary alicyclic amines) is 1. The Kier molecular flexibility index (Phi) is 3.04. The van der Waals surface area contributed by atoms with Crippen molar-refractivity contribution in [2.75, 3.05) is 26.2 Å². The quantitative estimate of drug-likeness (QED) is 0.851. The van der Waals surface area contributed by atoms with Crippen molar-refractivity contribution in [3.05, 3.63) is 29.3 Å². The normalized spacial score (nSPS) is 23.7. The second kappa shape index (κ2) is 4.67. The molecule has 1 aromatic carbocycles. The molecular weight excluding hydrogens is 212 g/mol. The van der Waals surface area contributed by atoms with E-state index in [1.54, 1.807) is 0 Å². The predicted molar refractivity (Wildman–Crippen MR) is 68.4 cm³/mol. The highest BCUT2D eigenvalue weighted by Gasteiger charge is 2.18. The lowest BCUT2D eigenvalue weighted by Gasteiger charge is -2.15. The molecule has 2 heterocycles. The van der Waals surface area contributed by atoms with Gasteiger partial charge in [-0.3, -0.25) is 0 Å². The zero-order valence-corrected chi connectivity index (χ0v) is 10.2. The van der Waals surface area contributed by atoms with Gasteiger partial charge in [0.2, 0.25) is 0 Å². The number of nitrogens with zero attached hydrogens (tertiary/aromatic N) is 1. The molecule has 1 atom stereocenters. The molecule has 0 aromatic heterocycles. The highest BCUT2D eigenvalue weighted by atomic mass is 16.5. The van der Waals surface area contributed by atoms with Crippen molar-refractivity contribution in [1.29, 1.82) is 0 Å². The molecule has 0 saturated carbocycles. The van der Waals surface area contributed by atoms with E-state index in [-0.39, 0.29) is 0 Å². The number of nitrogens with two attached hydrogens (primary N) is 1. The highest BCUT2D eigenvalue weighted by molar-refractivity contribution is 5.39. The largest absolute Gasteiger partial charge is 0.493 e. The predicted octanol–water partition coefficient (Wildman–Crippen LogP) is 1.20. The Morgan fingerprint density at radius 1 is 1.41 bits per heavy atom. The van der Waals surface area contributed by atoms with Crippen LogP contribution < -0.4 is 10.5 Å². The fourth-order valence-electron chi connectivity index (χ4n) is 2.75. The maximum Gasteiger partial charge on any atom is 0.122 e. The summed E-state index contributed by atoms with van der Waals surface area (Å²) in [6, 6.07) is 7.01. The van der Waals surface area contributed by atoms with Gasteiger partial charge in [0.05, 0.1) is 6.61 Å². The van der Waals surface area contributed by atoms with Crippen LogP contribution in [0.4, 0.5) is 0 Å². The van der Waals surface area contributed by atoms with Gasteiger partial charge in [0.1, 0.15) is 5.75 Å². The van der Waals surface area contributed by atoms with Crippen LogP contribution in [0.2, 0.25) is 0 Å². The molecule has 3 nitrogen and oxygen atoms in total. The van der Waals surface area contributed by atoms with Crippen molar-refractivity contribution in [1.82, 2.24) is 4.90 Å². The standard InChI is InChI=1S/C14H20N2O/c15-13-4-7-16(10-13)6-3-11-1-2-14-12(9-11)5-8-17-14/h1-2,9,13H,3-8,10,15H2/t13-/m0/s1. The summed E-state index contributed by atoms with van der Waals surface area (Å²) < 4.78 is 5.52. The molecule has 3 heteroatoms. The van der Waals surface area contributed by atoms with E-state index in [1.807, 2.05) is 0 Å². The maximum atomic E-state index is 5.91. The fraction of sp³-hybridized carbons (Fsp3) is 0.571. The first-order valence-electron chi connectivity index (χ1n) is 6.54. The van der Waals surface area contributed by atoms with Gasteiger partial charge in [-0.05, 0) is 36.6 Å². The van der Waals surface area contributed by atoms with E-state index in [2.05, 4.69) is 23.1 Å². The van der Waals surface area contributed by atoms with Crippen molar-refractivity contribution < 1.29 is 4.74 Å². The van der Waals surface area contributed by atoms with Crippen molar-refractivity contribution >= 4 is 0 Å². The molecule has 1 fully saturated rings. The van der Waals surface area contributed by atoms with Gasteiger partial charge >= 0.3 is 0 Å². The molecule has 1 saturated heterocycles. The topological polar surface area (TPSA) is 38.5 Å². The lowest BCUT2D eigenvalue weighted by Crippen LogP contribution is -2.28. The summed E-state index contributed by atoms with van der Waals surface area (Å²) >= 11 is 0. The molecule has 92 valence electrons. The Labute approximate surface area is 103 Å². The molecular formula is C14H20N2O. The zero-order valence-electron chi connectivity index (χ0n) is 10.2. The summed E-state index contributed by atoms with van der Waals surface area (Å²) in [6.07, 6.45) is 3.34. The smallest absolute Gasteiger partial charge is 0.122 e. The number of hydrogen-bond donors (Lipinski definition) is 1. The van der Waals surface area contributed by atoms with Crippen molar-refractivity contribution in [2.24, 2.45) is 5.73 Å². The lowest BCUT2D eigenvalue weighted by atomic mass is 10.1. The molecule has 0 amide bonds. The van der Waals surface area contributed by atoms with Gasteiger partial charge in [0, 0.05) is 25.6 Å². The summed E-state index contributed by atoms with van der Waals surface area (Å²) in [4.78, 5) is 2.47. The van der Waals surface area contributed by atoms with E-state index in [0.29, 0.717) is 6.04 Å². The van der Waals surface area contributed by atoms with Gasteiger partial charge in [0.15, 0.2) is 0 Å². The van der Waals surface area contributed by atoms with Crippen LogP contribution in [0.15, 0.2) is 18.2 Å². The minimum absolute atomic E-state index is 0.392. The molecule has 2 aliphatic rings. The summed E-state index contributed by atoms with van der Waals surface area (Å²) in [7, 11) is 0. The Morgan fingerprint density at radius 3 is 3.18 bits per heavy atom. The number of fused-ring (bicyclic) bond motifs is 1. The molecule has 2 aliphatic heterocycles. The van der Waals surface area contributed by atoms with Crippen LogP contribution in [0.1, 0.15) is 17.5 Å². The summed E-state index contributed by atoms with van der Waals surface area (Å²) in [5.41, 5.74) is 8.71. The Morgan fingerprint density at radius 2 is 2.35 bits per heavy atom.